The number of hydrogen-bond donors (Lipinski definition) is 0. The Balaban J connectivity index is 0.00000180. The predicted octanol–water partition coefficient (Wildman–Crippen LogP) is -1.34. The zero-order valence-corrected chi connectivity index (χ0v) is 12.9. The molecule has 2 rings (SSSR count). The number of halogens is 5. The van der Waals surface area contributed by atoms with Gasteiger partial charge in [-0.3, -0.25) is 4.68 Å². The standard InChI is InChI=1S/C9H6BF5N3.K/c11-7-1-6(2-8(12)3-7)4-18-5-9(16-17-18)10(13,14)15;/h1-3,5H,4H2;/q-1;+1. The van der Waals surface area contributed by atoms with E-state index in [9.17, 15) is 21.7 Å². The monoisotopic (exact) mass is 301 g/mol. The average molecular weight is 301 g/mol. The van der Waals surface area contributed by atoms with Crippen molar-refractivity contribution in [1.82, 2.24) is 15.0 Å². The second-order valence-corrected chi connectivity index (χ2v) is 3.69. The van der Waals surface area contributed by atoms with Gasteiger partial charge in [-0.25, -0.2) is 8.78 Å². The number of aromatic nitrogens is 3. The normalized spacial score (nSPS) is 11.2. The first-order valence-corrected chi connectivity index (χ1v) is 4.89. The maximum Gasteiger partial charge on any atom is 1.00 e. The van der Waals surface area contributed by atoms with Gasteiger partial charge in [0.15, 0.2) is 0 Å². The largest absolute Gasteiger partial charge is 1.00 e. The molecule has 1 aromatic carbocycles. The van der Waals surface area contributed by atoms with Gasteiger partial charge in [0.25, 0.3) is 0 Å². The van der Waals surface area contributed by atoms with Gasteiger partial charge in [0.1, 0.15) is 11.6 Å². The van der Waals surface area contributed by atoms with E-state index in [-0.39, 0.29) is 63.5 Å². The van der Waals surface area contributed by atoms with Crippen molar-refractivity contribution in [3.63, 3.8) is 0 Å². The van der Waals surface area contributed by atoms with E-state index < -0.39 is 24.2 Å². The Morgan fingerprint density at radius 3 is 2.11 bits per heavy atom. The van der Waals surface area contributed by atoms with E-state index in [1.165, 1.54) is 0 Å². The fourth-order valence-corrected chi connectivity index (χ4v) is 1.43. The molecule has 0 aliphatic rings. The summed E-state index contributed by atoms with van der Waals surface area (Å²) in [4.78, 5) is 0. The van der Waals surface area contributed by atoms with Gasteiger partial charge in [-0.1, -0.05) is 5.21 Å². The van der Waals surface area contributed by atoms with E-state index in [2.05, 4.69) is 10.3 Å². The summed E-state index contributed by atoms with van der Waals surface area (Å²) < 4.78 is 63.5. The van der Waals surface area contributed by atoms with E-state index in [1.54, 1.807) is 0 Å². The van der Waals surface area contributed by atoms with Crippen molar-refractivity contribution >= 4 is 12.6 Å². The quantitative estimate of drug-likeness (QED) is 0.519. The van der Waals surface area contributed by atoms with Crippen LogP contribution in [0.3, 0.4) is 0 Å². The molecule has 0 saturated carbocycles. The Hall–Kier alpha value is -0.289. The smallest absolute Gasteiger partial charge is 0.444 e. The van der Waals surface area contributed by atoms with Crippen molar-refractivity contribution in [3.8, 4) is 0 Å². The molecule has 0 N–H and O–H groups in total. The van der Waals surface area contributed by atoms with Crippen molar-refractivity contribution in [1.29, 1.82) is 0 Å². The maximum absolute atomic E-state index is 12.9. The number of hydrogen-bond acceptors (Lipinski definition) is 2. The van der Waals surface area contributed by atoms with E-state index >= 15 is 0 Å². The van der Waals surface area contributed by atoms with Crippen LogP contribution in [0.4, 0.5) is 21.7 Å². The topological polar surface area (TPSA) is 30.7 Å². The van der Waals surface area contributed by atoms with E-state index in [4.69, 9.17) is 0 Å². The molecule has 0 unspecified atom stereocenters. The number of benzene rings is 1. The van der Waals surface area contributed by atoms with Gasteiger partial charge in [0, 0.05) is 17.9 Å². The fraction of sp³-hybridized carbons (Fsp3) is 0.111. The summed E-state index contributed by atoms with van der Waals surface area (Å²) in [5.41, 5.74) is -0.925. The van der Waals surface area contributed by atoms with Crippen LogP contribution in [0, 0.1) is 11.6 Å². The Kier molecular flexibility index (Phi) is 5.68. The van der Waals surface area contributed by atoms with Gasteiger partial charge in [-0.05, 0) is 17.7 Å². The van der Waals surface area contributed by atoms with E-state index in [1.807, 2.05) is 0 Å². The molecule has 0 atom stereocenters. The Labute approximate surface area is 147 Å². The van der Waals surface area contributed by atoms with Crippen LogP contribution in [0.15, 0.2) is 24.4 Å². The number of rotatable bonds is 3. The Morgan fingerprint density at radius 2 is 1.63 bits per heavy atom. The molecule has 0 radical (unpaired) electrons. The van der Waals surface area contributed by atoms with Gasteiger partial charge in [-0.2, -0.15) is 5.10 Å². The molecule has 0 fully saturated rings. The molecule has 10 heteroatoms. The third-order valence-corrected chi connectivity index (χ3v) is 2.16. The molecular formula is C9H6BF5KN3. The molecular weight excluding hydrogens is 295 g/mol. The van der Waals surface area contributed by atoms with Crippen LogP contribution < -0.4 is 57.0 Å². The molecule has 2 aromatic rings. The maximum atomic E-state index is 12.9. The van der Waals surface area contributed by atoms with Crippen molar-refractivity contribution in [2.24, 2.45) is 0 Å². The average Bonchev–Trinajstić information content (AvgIpc) is 2.63. The van der Waals surface area contributed by atoms with Gasteiger partial charge in [0.2, 0.25) is 0 Å². The molecule has 0 aliphatic heterocycles. The van der Waals surface area contributed by atoms with Crippen LogP contribution in [0.1, 0.15) is 5.56 Å². The van der Waals surface area contributed by atoms with Gasteiger partial charge in [-0.15, -0.1) is 0 Å². The zero-order valence-electron chi connectivity index (χ0n) is 9.83. The summed E-state index contributed by atoms with van der Waals surface area (Å²) >= 11 is 0. The molecule has 19 heavy (non-hydrogen) atoms. The summed E-state index contributed by atoms with van der Waals surface area (Å²) in [6, 6.07) is 2.71. The Morgan fingerprint density at radius 1 is 1.05 bits per heavy atom. The fourth-order valence-electron chi connectivity index (χ4n) is 1.43. The first kappa shape index (κ1) is 16.8. The molecule has 96 valence electrons. The minimum Gasteiger partial charge on any atom is -0.444 e. The summed E-state index contributed by atoms with van der Waals surface area (Å²) in [7, 11) is 0. The third kappa shape index (κ3) is 4.64. The molecule has 3 nitrogen and oxygen atoms in total. The minimum absolute atomic E-state index is 0. The molecule has 0 amide bonds. The van der Waals surface area contributed by atoms with Crippen molar-refractivity contribution in [3.05, 3.63) is 41.6 Å². The summed E-state index contributed by atoms with van der Waals surface area (Å²) in [5.74, 6) is -1.60. The second-order valence-electron chi connectivity index (χ2n) is 3.69. The number of nitrogens with zero attached hydrogens (tertiary/aromatic N) is 3. The van der Waals surface area contributed by atoms with Gasteiger partial charge >= 0.3 is 58.4 Å². The molecule has 1 heterocycles. The predicted molar refractivity (Wildman–Crippen MR) is 54.2 cm³/mol. The molecule has 0 aliphatic carbocycles. The van der Waals surface area contributed by atoms with Crippen LogP contribution in [0.25, 0.3) is 0 Å². The van der Waals surface area contributed by atoms with Crippen molar-refractivity contribution in [2.75, 3.05) is 0 Å². The summed E-state index contributed by atoms with van der Waals surface area (Å²) in [5, 5.41) is 6.21. The first-order chi connectivity index (χ1) is 8.34. The van der Waals surface area contributed by atoms with Crippen LogP contribution in [-0.2, 0) is 6.54 Å². The van der Waals surface area contributed by atoms with E-state index in [0.29, 0.717) is 12.3 Å². The SMILES string of the molecule is Fc1cc(F)cc(Cn2cc([B-](F)(F)F)nn2)c1.[K+]. The Bertz CT molecular complexity index is 551. The summed E-state index contributed by atoms with van der Waals surface area (Å²) in [6.45, 7) is -5.41. The van der Waals surface area contributed by atoms with Crippen LogP contribution in [-0.4, -0.2) is 22.0 Å². The zero-order chi connectivity index (χ0) is 13.3. The third-order valence-electron chi connectivity index (χ3n) is 2.16. The van der Waals surface area contributed by atoms with Crippen LogP contribution in [0.2, 0.25) is 0 Å². The van der Waals surface area contributed by atoms with Gasteiger partial charge in [0.05, 0.1) is 6.54 Å². The second kappa shape index (κ2) is 6.44. The van der Waals surface area contributed by atoms with E-state index in [0.717, 1.165) is 16.8 Å². The van der Waals surface area contributed by atoms with Gasteiger partial charge < -0.3 is 12.9 Å². The summed E-state index contributed by atoms with van der Waals surface area (Å²) in [6.07, 6.45) is 0.697. The molecule has 0 bridgehead atoms. The molecule has 0 spiro atoms. The molecule has 1 aromatic heterocycles. The van der Waals surface area contributed by atoms with Crippen LogP contribution in [0.5, 0.6) is 0 Å². The van der Waals surface area contributed by atoms with Crippen LogP contribution >= 0.6 is 0 Å². The first-order valence-electron chi connectivity index (χ1n) is 4.89. The van der Waals surface area contributed by atoms with Crippen molar-refractivity contribution < 1.29 is 73.1 Å². The van der Waals surface area contributed by atoms with Crippen molar-refractivity contribution in [2.45, 2.75) is 6.54 Å². The molecule has 0 saturated heterocycles. The minimum atomic E-state index is -5.22.